The Kier molecular flexibility index (Phi) is 1.64. The van der Waals surface area contributed by atoms with Crippen LogP contribution in [-0.4, -0.2) is 24.4 Å². The summed E-state index contributed by atoms with van der Waals surface area (Å²) in [6, 6.07) is 0. The standard InChI is InChI=1S/C9H12N2O/c1-11-5-4-8-7(6-11)2-3-9(12)10-8/h4-5H,2-3,6H2,1H3,(H,10,12). The van der Waals surface area contributed by atoms with Crippen molar-refractivity contribution in [2.75, 3.05) is 13.6 Å². The largest absolute Gasteiger partial charge is 0.376 e. The minimum Gasteiger partial charge on any atom is -0.376 e. The minimum atomic E-state index is 0.142. The van der Waals surface area contributed by atoms with Crippen molar-refractivity contribution in [2.24, 2.45) is 0 Å². The second kappa shape index (κ2) is 2.66. The SMILES string of the molecule is CN1C=CC2=C(CCC(=O)N2)C1. The van der Waals surface area contributed by atoms with Crippen molar-refractivity contribution in [3.63, 3.8) is 0 Å². The number of carbonyl (C=O) groups excluding carboxylic acids is 1. The zero-order valence-corrected chi connectivity index (χ0v) is 7.13. The molecule has 2 rings (SSSR count). The third-order valence-corrected chi connectivity index (χ3v) is 2.24. The van der Waals surface area contributed by atoms with E-state index < -0.39 is 0 Å². The molecule has 3 nitrogen and oxygen atoms in total. The minimum absolute atomic E-state index is 0.142. The highest BCUT2D eigenvalue weighted by molar-refractivity contribution is 5.80. The van der Waals surface area contributed by atoms with Crippen molar-refractivity contribution in [1.29, 1.82) is 0 Å². The fourth-order valence-corrected chi connectivity index (χ4v) is 1.58. The Morgan fingerprint density at radius 2 is 2.33 bits per heavy atom. The summed E-state index contributed by atoms with van der Waals surface area (Å²) in [6.07, 6.45) is 5.51. The molecule has 0 saturated heterocycles. The third-order valence-electron chi connectivity index (χ3n) is 2.24. The predicted molar refractivity (Wildman–Crippen MR) is 46.2 cm³/mol. The van der Waals surface area contributed by atoms with Crippen LogP contribution in [0.15, 0.2) is 23.5 Å². The van der Waals surface area contributed by atoms with E-state index in [4.69, 9.17) is 0 Å². The Hall–Kier alpha value is -1.25. The molecular weight excluding hydrogens is 152 g/mol. The normalized spacial score (nSPS) is 22.4. The Balaban J connectivity index is 2.23. The molecule has 0 aliphatic carbocycles. The number of likely N-dealkylation sites (N-methyl/N-ethyl adjacent to an activating group) is 1. The van der Waals surface area contributed by atoms with E-state index in [2.05, 4.69) is 10.2 Å². The Morgan fingerprint density at radius 3 is 3.17 bits per heavy atom. The first-order valence-electron chi connectivity index (χ1n) is 4.16. The summed E-state index contributed by atoms with van der Waals surface area (Å²) in [7, 11) is 2.04. The van der Waals surface area contributed by atoms with Gasteiger partial charge in [0.05, 0.1) is 0 Å². The molecule has 0 atom stereocenters. The average Bonchev–Trinajstić information content (AvgIpc) is 2.05. The predicted octanol–water partition coefficient (Wildman–Crippen LogP) is 0.610. The number of allylic oxidation sites excluding steroid dienone is 1. The molecule has 0 spiro atoms. The summed E-state index contributed by atoms with van der Waals surface area (Å²) in [5, 5.41) is 2.87. The highest BCUT2D eigenvalue weighted by Gasteiger charge is 2.18. The molecule has 2 heterocycles. The molecule has 0 aromatic carbocycles. The van der Waals surface area contributed by atoms with E-state index in [1.54, 1.807) is 0 Å². The van der Waals surface area contributed by atoms with E-state index in [-0.39, 0.29) is 5.91 Å². The molecule has 0 bridgehead atoms. The fourth-order valence-electron chi connectivity index (χ4n) is 1.58. The molecular formula is C9H12N2O. The highest BCUT2D eigenvalue weighted by atomic mass is 16.1. The first-order chi connectivity index (χ1) is 5.75. The van der Waals surface area contributed by atoms with Gasteiger partial charge >= 0.3 is 0 Å². The van der Waals surface area contributed by atoms with Gasteiger partial charge in [0.25, 0.3) is 0 Å². The van der Waals surface area contributed by atoms with Gasteiger partial charge in [0.2, 0.25) is 5.91 Å². The van der Waals surface area contributed by atoms with Gasteiger partial charge in [0.15, 0.2) is 0 Å². The van der Waals surface area contributed by atoms with Crippen LogP contribution in [0.2, 0.25) is 0 Å². The van der Waals surface area contributed by atoms with Crippen LogP contribution in [0, 0.1) is 0 Å². The van der Waals surface area contributed by atoms with Gasteiger partial charge in [-0.2, -0.15) is 0 Å². The summed E-state index contributed by atoms with van der Waals surface area (Å²) >= 11 is 0. The molecule has 64 valence electrons. The smallest absolute Gasteiger partial charge is 0.224 e. The molecule has 1 N–H and O–H groups in total. The molecule has 0 radical (unpaired) electrons. The molecule has 12 heavy (non-hydrogen) atoms. The lowest BCUT2D eigenvalue weighted by Gasteiger charge is -2.27. The summed E-state index contributed by atoms with van der Waals surface area (Å²) < 4.78 is 0. The van der Waals surface area contributed by atoms with Crippen LogP contribution in [0.1, 0.15) is 12.8 Å². The quantitative estimate of drug-likeness (QED) is 0.569. The second-order valence-electron chi connectivity index (χ2n) is 3.30. The number of hydrogen-bond acceptors (Lipinski definition) is 2. The van der Waals surface area contributed by atoms with Crippen LogP contribution in [0.5, 0.6) is 0 Å². The second-order valence-corrected chi connectivity index (χ2v) is 3.30. The zero-order valence-electron chi connectivity index (χ0n) is 7.13. The van der Waals surface area contributed by atoms with Crippen molar-refractivity contribution in [2.45, 2.75) is 12.8 Å². The van der Waals surface area contributed by atoms with Gasteiger partial charge in [-0.05, 0) is 18.1 Å². The van der Waals surface area contributed by atoms with Gasteiger partial charge in [0.1, 0.15) is 0 Å². The van der Waals surface area contributed by atoms with Crippen molar-refractivity contribution in [3.8, 4) is 0 Å². The van der Waals surface area contributed by atoms with Gasteiger partial charge in [-0.3, -0.25) is 4.79 Å². The van der Waals surface area contributed by atoms with Crippen molar-refractivity contribution < 1.29 is 4.79 Å². The number of hydrogen-bond donors (Lipinski definition) is 1. The number of amides is 1. The van der Waals surface area contributed by atoms with Crippen LogP contribution >= 0.6 is 0 Å². The average molecular weight is 164 g/mol. The summed E-state index contributed by atoms with van der Waals surface area (Å²) in [5.74, 6) is 0.142. The van der Waals surface area contributed by atoms with Crippen LogP contribution in [0.4, 0.5) is 0 Å². The van der Waals surface area contributed by atoms with Crippen LogP contribution in [0.3, 0.4) is 0 Å². The summed E-state index contributed by atoms with van der Waals surface area (Å²) in [4.78, 5) is 13.1. The number of rotatable bonds is 0. The van der Waals surface area contributed by atoms with Gasteiger partial charge in [-0.25, -0.2) is 0 Å². The van der Waals surface area contributed by atoms with Gasteiger partial charge < -0.3 is 10.2 Å². The van der Waals surface area contributed by atoms with Crippen LogP contribution < -0.4 is 5.32 Å². The maximum Gasteiger partial charge on any atom is 0.224 e. The lowest BCUT2D eigenvalue weighted by atomic mass is 10.0. The highest BCUT2D eigenvalue weighted by Crippen LogP contribution is 2.20. The van der Waals surface area contributed by atoms with Crippen molar-refractivity contribution in [1.82, 2.24) is 10.2 Å². The van der Waals surface area contributed by atoms with Gasteiger partial charge in [-0.15, -0.1) is 0 Å². The van der Waals surface area contributed by atoms with E-state index in [0.29, 0.717) is 6.42 Å². The molecule has 0 unspecified atom stereocenters. The lowest BCUT2D eigenvalue weighted by molar-refractivity contribution is -0.120. The zero-order chi connectivity index (χ0) is 8.55. The number of carbonyl (C=O) groups is 1. The molecule has 2 aliphatic rings. The van der Waals surface area contributed by atoms with E-state index in [1.165, 1.54) is 5.57 Å². The Morgan fingerprint density at radius 1 is 1.50 bits per heavy atom. The summed E-state index contributed by atoms with van der Waals surface area (Å²) in [5.41, 5.74) is 2.36. The topological polar surface area (TPSA) is 32.3 Å². The molecule has 2 aliphatic heterocycles. The molecule has 3 heteroatoms. The van der Waals surface area contributed by atoms with Crippen molar-refractivity contribution in [3.05, 3.63) is 23.5 Å². The van der Waals surface area contributed by atoms with E-state index in [0.717, 1.165) is 18.7 Å². The van der Waals surface area contributed by atoms with E-state index in [1.807, 2.05) is 19.3 Å². The van der Waals surface area contributed by atoms with E-state index in [9.17, 15) is 4.79 Å². The Labute approximate surface area is 71.7 Å². The lowest BCUT2D eigenvalue weighted by Crippen LogP contribution is -2.32. The number of nitrogens with zero attached hydrogens (tertiary/aromatic N) is 1. The van der Waals surface area contributed by atoms with Crippen molar-refractivity contribution >= 4 is 5.91 Å². The Bertz CT molecular complexity index is 278. The van der Waals surface area contributed by atoms with Crippen LogP contribution in [0.25, 0.3) is 0 Å². The maximum atomic E-state index is 11.0. The first kappa shape index (κ1) is 7.40. The fraction of sp³-hybridized carbons (Fsp3) is 0.444. The van der Waals surface area contributed by atoms with Gasteiger partial charge in [-0.1, -0.05) is 0 Å². The third kappa shape index (κ3) is 1.22. The molecule has 0 aromatic rings. The molecule has 0 fully saturated rings. The molecule has 0 saturated carbocycles. The molecule has 1 amide bonds. The summed E-state index contributed by atoms with van der Waals surface area (Å²) in [6.45, 7) is 0.951. The number of nitrogens with one attached hydrogen (secondary N) is 1. The monoisotopic (exact) mass is 164 g/mol. The van der Waals surface area contributed by atoms with E-state index >= 15 is 0 Å². The van der Waals surface area contributed by atoms with Gasteiger partial charge in [0, 0.05) is 31.9 Å². The van der Waals surface area contributed by atoms with Crippen LogP contribution in [-0.2, 0) is 4.79 Å². The first-order valence-corrected chi connectivity index (χ1v) is 4.16. The molecule has 0 aromatic heterocycles. The maximum absolute atomic E-state index is 11.0.